The van der Waals surface area contributed by atoms with Crippen LogP contribution in [0.2, 0.25) is 0 Å². The number of hydrogen-bond donors (Lipinski definition) is 0. The summed E-state index contributed by atoms with van der Waals surface area (Å²) in [7, 11) is 12.9. The molecule has 0 atom stereocenters. The Morgan fingerprint density at radius 3 is 1.73 bits per heavy atom. The molecule has 1 aliphatic carbocycles. The largest absolute Gasteiger partial charge is 1.00 e. The topological polar surface area (TPSA) is 22.4 Å². The molecule has 0 amide bonds. The van der Waals surface area contributed by atoms with E-state index in [9.17, 15) is 0 Å². The summed E-state index contributed by atoms with van der Waals surface area (Å²) >= 11 is 1.87. The third-order valence-corrected chi connectivity index (χ3v) is 9.30. The van der Waals surface area contributed by atoms with Crippen LogP contribution in [0.25, 0.3) is 20.8 Å². The molecule has 0 aromatic heterocycles. The lowest BCUT2D eigenvalue weighted by Crippen LogP contribution is -3.00. The first-order valence-electron chi connectivity index (χ1n) is 16.1. The number of unbranched alkanes of at least 4 members (excludes halogenated alkanes) is 14. The number of aromatic nitrogens is 1. The molecule has 6 heteroatoms. The molecule has 0 N–H and O–H groups in total. The van der Waals surface area contributed by atoms with Gasteiger partial charge in [0.05, 0.1) is 20.8 Å². The van der Waals surface area contributed by atoms with E-state index in [0.29, 0.717) is 0 Å². The predicted octanol–water partition coefficient (Wildman–Crippen LogP) is 5.98. The number of benzene rings is 2. The van der Waals surface area contributed by atoms with Crippen molar-refractivity contribution in [2.24, 2.45) is 0 Å². The fourth-order valence-corrected chi connectivity index (χ4v) is 7.05. The molecule has 0 saturated carbocycles. The molecule has 1 aliphatic heterocycles. The van der Waals surface area contributed by atoms with Crippen LogP contribution in [-0.2, 0) is 6.42 Å². The van der Waals surface area contributed by atoms with Gasteiger partial charge in [0, 0.05) is 39.4 Å². The Kier molecular flexibility index (Phi) is 16.6. The molecule has 2 aliphatic rings. The van der Waals surface area contributed by atoms with Crippen LogP contribution >= 0.6 is 11.3 Å². The van der Waals surface area contributed by atoms with E-state index in [4.69, 9.17) is 4.98 Å². The van der Waals surface area contributed by atoms with Gasteiger partial charge in [-0.1, -0.05) is 96.8 Å². The molecule has 1 aromatic carbocycles. The van der Waals surface area contributed by atoms with Crippen molar-refractivity contribution in [1.82, 2.24) is 9.56 Å². The lowest BCUT2D eigenvalue weighted by Gasteiger charge is -2.20. The van der Waals surface area contributed by atoms with E-state index in [1.807, 2.05) is 11.3 Å². The average Bonchev–Trinajstić information content (AvgIpc) is 2.92. The molecule has 1 aromatic rings. The monoisotopic (exact) mass is 692 g/mol. The Morgan fingerprint density at radius 2 is 1.24 bits per heavy atom. The molecular weight excluding hydrogens is 635 g/mol. The molecule has 230 valence electrons. The van der Waals surface area contributed by atoms with Gasteiger partial charge >= 0.3 is 0 Å². The zero-order valence-corrected chi connectivity index (χ0v) is 30.2. The van der Waals surface area contributed by atoms with Crippen LogP contribution in [0.3, 0.4) is 0 Å². The molecule has 0 spiro atoms. The number of rotatable bonds is 18. The zero-order chi connectivity index (χ0) is 28.9. The number of halogens is 1. The lowest BCUT2D eigenvalue weighted by atomic mass is 10.0. The van der Waals surface area contributed by atoms with Crippen LogP contribution in [-0.4, -0.2) is 47.3 Å². The smallest absolute Gasteiger partial charge is 0.227 e. The lowest BCUT2D eigenvalue weighted by molar-refractivity contribution is -0.00000859. The highest BCUT2D eigenvalue weighted by atomic mass is 127. The third kappa shape index (κ3) is 11.0. The van der Waals surface area contributed by atoms with E-state index >= 15 is 0 Å². The summed E-state index contributed by atoms with van der Waals surface area (Å²) in [5.74, 6) is 0. The van der Waals surface area contributed by atoms with Gasteiger partial charge in [0.25, 0.3) is 0 Å². The molecule has 1 heterocycles. The predicted molar refractivity (Wildman–Crippen MR) is 181 cm³/mol. The molecule has 0 fully saturated rings. The van der Waals surface area contributed by atoms with Crippen molar-refractivity contribution in [3.05, 3.63) is 35.2 Å². The highest BCUT2D eigenvalue weighted by Gasteiger charge is 2.23. The van der Waals surface area contributed by atoms with Crippen molar-refractivity contribution in [3.8, 4) is 10.6 Å². The van der Waals surface area contributed by atoms with Gasteiger partial charge in [-0.2, -0.15) is 0 Å². The first kappa shape index (κ1) is 35.8. The van der Waals surface area contributed by atoms with Crippen molar-refractivity contribution in [3.63, 3.8) is 0 Å². The molecular formula is C35H57IN4S. The second kappa shape index (κ2) is 19.0. The Hall–Kier alpha value is -1.41. The quantitative estimate of drug-likeness (QED) is 0.0710. The van der Waals surface area contributed by atoms with E-state index in [1.54, 1.807) is 0 Å². The highest BCUT2D eigenvalue weighted by Crippen LogP contribution is 2.37. The van der Waals surface area contributed by atoms with E-state index in [-0.39, 0.29) is 24.0 Å². The van der Waals surface area contributed by atoms with Gasteiger partial charge in [0.2, 0.25) is 5.36 Å². The summed E-state index contributed by atoms with van der Waals surface area (Å²) in [6.07, 6.45) is 22.2. The summed E-state index contributed by atoms with van der Waals surface area (Å²) in [4.78, 5) is 10.9. The second-order valence-electron chi connectivity index (χ2n) is 12.3. The second-order valence-corrected chi connectivity index (χ2v) is 13.4. The van der Waals surface area contributed by atoms with E-state index in [1.165, 1.54) is 128 Å². The van der Waals surface area contributed by atoms with E-state index < -0.39 is 0 Å². The average molecular weight is 693 g/mol. The SMILES string of the molecule is CCCCCCCCCCCCCCCCCc1cc2nc3ccc(N(C)C)cc3sc-2c(N(C)C)c1=[N+](C)C.[I-]. The first-order valence-corrected chi connectivity index (χ1v) is 16.9. The van der Waals surface area contributed by atoms with Gasteiger partial charge in [-0.25, -0.2) is 9.56 Å². The normalized spacial score (nSPS) is 11.2. The summed E-state index contributed by atoms with van der Waals surface area (Å²) in [5, 5.41) is 1.35. The third-order valence-electron chi connectivity index (χ3n) is 8.14. The van der Waals surface area contributed by atoms with E-state index in [0.717, 1.165) is 17.6 Å². The number of aryl methyl sites for hydroxylation is 1. The summed E-state index contributed by atoms with van der Waals surface area (Å²) in [6, 6.07) is 8.98. The molecule has 0 radical (unpaired) electrons. The fourth-order valence-electron chi connectivity index (χ4n) is 5.85. The standard InChI is InChI=1S/C35H57N4S.HI/c1-8-9-10-11-12-13-14-15-16-17-18-19-20-21-22-23-28-26-31-35(34(39(6)7)33(28)38(4)5)40-32-27-29(37(2)3)24-25-30(32)36-31;/h24-27H,8-23H2,1-7H3;1H/q+1;/p-1. The van der Waals surface area contributed by atoms with Crippen LogP contribution in [0.5, 0.6) is 0 Å². The van der Waals surface area contributed by atoms with Gasteiger partial charge in [0.15, 0.2) is 0 Å². The number of anilines is 2. The molecule has 41 heavy (non-hydrogen) atoms. The number of nitrogens with zero attached hydrogens (tertiary/aromatic N) is 4. The van der Waals surface area contributed by atoms with Crippen molar-refractivity contribution in [2.75, 3.05) is 52.1 Å². The van der Waals surface area contributed by atoms with Crippen molar-refractivity contribution in [2.45, 2.75) is 110 Å². The highest BCUT2D eigenvalue weighted by molar-refractivity contribution is 7.22. The molecule has 3 rings (SSSR count). The maximum Gasteiger partial charge on any atom is 0.227 e. The maximum atomic E-state index is 5.15. The van der Waals surface area contributed by atoms with E-state index in [2.05, 4.69) is 87.9 Å². The number of hydrogen-bond acceptors (Lipinski definition) is 4. The van der Waals surface area contributed by atoms with Crippen LogP contribution in [0.4, 0.5) is 11.4 Å². The molecule has 0 unspecified atom stereocenters. The van der Waals surface area contributed by atoms with Crippen molar-refractivity contribution >= 4 is 32.9 Å². The van der Waals surface area contributed by atoms with Crippen LogP contribution in [0.1, 0.15) is 109 Å². The summed E-state index contributed by atoms with van der Waals surface area (Å²) in [5.41, 5.74) is 6.16. The molecule has 4 nitrogen and oxygen atoms in total. The Balaban J connectivity index is 0.00000588. The van der Waals surface area contributed by atoms with Crippen LogP contribution in [0, 0.1) is 0 Å². The number of fused-ring (bicyclic) bond motifs is 2. The Labute approximate surface area is 272 Å². The van der Waals surface area contributed by atoms with Crippen molar-refractivity contribution in [1.29, 1.82) is 0 Å². The zero-order valence-electron chi connectivity index (χ0n) is 27.2. The van der Waals surface area contributed by atoms with Gasteiger partial charge in [-0.3, -0.25) is 0 Å². The first-order chi connectivity index (χ1) is 19.3. The molecule has 0 bridgehead atoms. The Bertz CT molecular complexity index is 1210. The minimum Gasteiger partial charge on any atom is -1.00 e. The fraction of sp³-hybridized carbons (Fsp3) is 0.657. The van der Waals surface area contributed by atoms with Gasteiger partial charge in [-0.15, -0.1) is 11.3 Å². The minimum atomic E-state index is 0. The van der Waals surface area contributed by atoms with Crippen molar-refractivity contribution < 1.29 is 24.0 Å². The molecule has 0 saturated heterocycles. The van der Waals surface area contributed by atoms with Gasteiger partial charge in [0.1, 0.15) is 19.8 Å². The van der Waals surface area contributed by atoms with Crippen LogP contribution in [0.15, 0.2) is 24.3 Å². The van der Waals surface area contributed by atoms with Gasteiger partial charge in [-0.05, 0) is 37.1 Å². The Morgan fingerprint density at radius 1 is 0.707 bits per heavy atom. The van der Waals surface area contributed by atoms with Crippen LogP contribution < -0.4 is 43.7 Å². The van der Waals surface area contributed by atoms with Gasteiger partial charge < -0.3 is 33.8 Å². The minimum absolute atomic E-state index is 0. The summed E-state index contributed by atoms with van der Waals surface area (Å²) in [6.45, 7) is 2.30. The summed E-state index contributed by atoms with van der Waals surface area (Å²) < 4.78 is 3.55. The maximum absolute atomic E-state index is 5.15.